The van der Waals surface area contributed by atoms with E-state index in [0.29, 0.717) is 22.8 Å². The van der Waals surface area contributed by atoms with E-state index in [9.17, 15) is 9.36 Å². The lowest BCUT2D eigenvalue weighted by molar-refractivity contribution is -0.142. The van der Waals surface area contributed by atoms with Gasteiger partial charge in [0.2, 0.25) is 11.8 Å². The fourth-order valence-corrected chi connectivity index (χ4v) is 6.50. The number of carbonyl (C=O) groups is 1. The summed E-state index contributed by atoms with van der Waals surface area (Å²) in [6.07, 6.45) is 3.37. The van der Waals surface area contributed by atoms with Gasteiger partial charge in [-0.05, 0) is 55.0 Å². The van der Waals surface area contributed by atoms with Crippen LogP contribution >= 0.6 is 23.7 Å². The molecule has 0 amide bonds. The number of nitrogens with two attached hydrogens (primary N) is 1. The second kappa shape index (κ2) is 12.6. The summed E-state index contributed by atoms with van der Waals surface area (Å²) >= 11 is 3.39. The predicted molar refractivity (Wildman–Crippen MR) is 155 cm³/mol. The van der Waals surface area contributed by atoms with Crippen LogP contribution < -0.4 is 20.1 Å². The van der Waals surface area contributed by atoms with Gasteiger partial charge in [0.1, 0.15) is 11.8 Å². The number of rotatable bonds is 12. The Hall–Kier alpha value is -3.51. The van der Waals surface area contributed by atoms with Crippen molar-refractivity contribution in [1.82, 2.24) is 24.6 Å². The molecule has 1 aliphatic carbocycles. The molecule has 1 unspecified atom stereocenters. The second-order valence-corrected chi connectivity index (χ2v) is 12.2. The van der Waals surface area contributed by atoms with Crippen LogP contribution in [0.5, 0.6) is 11.6 Å². The number of esters is 1. The lowest BCUT2D eigenvalue weighted by Crippen LogP contribution is -2.39. The van der Waals surface area contributed by atoms with E-state index in [4.69, 9.17) is 24.3 Å². The van der Waals surface area contributed by atoms with E-state index in [1.165, 1.54) is 14.2 Å². The number of methoxy groups -OCH3 is 2. The first kappa shape index (κ1) is 29.0. The third-order valence-electron chi connectivity index (χ3n) is 6.81. The molecular formula is C27H30BrN6O6P. The summed E-state index contributed by atoms with van der Waals surface area (Å²) in [6, 6.07) is 15.3. The first-order valence-electron chi connectivity index (χ1n) is 12.9. The lowest BCUT2D eigenvalue weighted by Gasteiger charge is -2.36. The van der Waals surface area contributed by atoms with E-state index in [2.05, 4.69) is 36.0 Å². The molecule has 3 N–H and O–H groups in total. The van der Waals surface area contributed by atoms with Gasteiger partial charge in [0.15, 0.2) is 11.2 Å². The molecule has 2 atom stereocenters. The zero-order valence-electron chi connectivity index (χ0n) is 22.5. The van der Waals surface area contributed by atoms with E-state index < -0.39 is 19.8 Å². The summed E-state index contributed by atoms with van der Waals surface area (Å²) in [7, 11) is -1.24. The maximum Gasteiger partial charge on any atom is 0.459 e. The van der Waals surface area contributed by atoms with Crippen LogP contribution in [0.4, 0.5) is 5.95 Å². The van der Waals surface area contributed by atoms with Crippen molar-refractivity contribution in [2.75, 3.05) is 26.6 Å². The minimum absolute atomic E-state index is 0.0767. The number of aromatic nitrogens is 4. The van der Waals surface area contributed by atoms with Gasteiger partial charge in [-0.1, -0.05) is 46.3 Å². The summed E-state index contributed by atoms with van der Waals surface area (Å²) < 4.78 is 39.0. The van der Waals surface area contributed by atoms with Gasteiger partial charge < -0.3 is 24.3 Å². The van der Waals surface area contributed by atoms with Crippen LogP contribution in [0, 0.1) is 5.92 Å². The fraction of sp³-hybridized carbons (Fsp3) is 0.333. The first-order chi connectivity index (χ1) is 19.8. The van der Waals surface area contributed by atoms with Gasteiger partial charge in [-0.2, -0.15) is 15.1 Å². The molecule has 0 aliphatic heterocycles. The number of nitrogens with one attached hydrogen (secondary N) is 1. The molecule has 41 heavy (non-hydrogen) atoms. The number of fused-ring (bicyclic) bond motifs is 1. The summed E-state index contributed by atoms with van der Waals surface area (Å²) in [6.45, 7) is 0.142. The maximum atomic E-state index is 14.1. The Balaban J connectivity index is 1.29. The minimum atomic E-state index is -4.02. The molecule has 1 aliphatic rings. The van der Waals surface area contributed by atoms with Crippen molar-refractivity contribution in [3.63, 3.8) is 0 Å². The molecule has 2 aromatic heterocycles. The topological polar surface area (TPSA) is 153 Å². The molecule has 0 saturated heterocycles. The minimum Gasteiger partial charge on any atom is -0.479 e. The summed E-state index contributed by atoms with van der Waals surface area (Å²) in [5.74, 6) is 0.244. The van der Waals surface area contributed by atoms with Crippen LogP contribution in [-0.4, -0.2) is 52.4 Å². The van der Waals surface area contributed by atoms with E-state index >= 15 is 0 Å². The quantitative estimate of drug-likeness (QED) is 0.163. The first-order valence-corrected chi connectivity index (χ1v) is 15.2. The van der Waals surface area contributed by atoms with Crippen LogP contribution in [0.3, 0.4) is 0 Å². The van der Waals surface area contributed by atoms with Crippen molar-refractivity contribution in [1.29, 1.82) is 0 Å². The number of ether oxygens (including phenoxy) is 2. The van der Waals surface area contributed by atoms with Crippen molar-refractivity contribution >= 4 is 46.8 Å². The Morgan fingerprint density at radius 3 is 2.56 bits per heavy atom. The second-order valence-electron chi connectivity index (χ2n) is 9.64. The van der Waals surface area contributed by atoms with Gasteiger partial charge in [0.05, 0.1) is 27.2 Å². The summed E-state index contributed by atoms with van der Waals surface area (Å²) in [4.78, 5) is 25.5. The number of hydrogen-bond acceptors (Lipinski definition) is 10. The highest BCUT2D eigenvalue weighted by molar-refractivity contribution is 9.10. The van der Waals surface area contributed by atoms with Crippen LogP contribution in [0.2, 0.25) is 0 Å². The highest BCUT2D eigenvalue weighted by Gasteiger charge is 2.38. The van der Waals surface area contributed by atoms with E-state index in [0.717, 1.165) is 22.9 Å². The van der Waals surface area contributed by atoms with Crippen molar-refractivity contribution in [2.45, 2.75) is 31.3 Å². The van der Waals surface area contributed by atoms with Crippen molar-refractivity contribution in [3.05, 3.63) is 71.0 Å². The number of anilines is 1. The van der Waals surface area contributed by atoms with E-state index in [-0.39, 0.29) is 30.9 Å². The lowest BCUT2D eigenvalue weighted by atomic mass is 9.81. The third-order valence-corrected chi connectivity index (χ3v) is 8.90. The van der Waals surface area contributed by atoms with Crippen LogP contribution in [0.15, 0.2) is 65.4 Å². The van der Waals surface area contributed by atoms with Crippen LogP contribution in [0.1, 0.15) is 24.4 Å². The molecule has 5 rings (SSSR count). The molecule has 1 fully saturated rings. The van der Waals surface area contributed by atoms with E-state index in [1.807, 2.05) is 34.9 Å². The third kappa shape index (κ3) is 6.87. The van der Waals surface area contributed by atoms with Crippen LogP contribution in [-0.2, 0) is 25.0 Å². The average Bonchev–Trinajstić information content (AvgIpc) is 3.36. The van der Waals surface area contributed by atoms with E-state index in [1.54, 1.807) is 30.6 Å². The Labute approximate surface area is 245 Å². The zero-order valence-corrected chi connectivity index (χ0v) is 25.0. The molecule has 12 nitrogen and oxygen atoms in total. The molecule has 4 aromatic rings. The number of nitrogens with zero attached hydrogens (tertiary/aromatic N) is 4. The predicted octanol–water partition coefficient (Wildman–Crippen LogP) is 4.71. The monoisotopic (exact) mass is 644 g/mol. The summed E-state index contributed by atoms with van der Waals surface area (Å²) in [5, 5.41) is 2.84. The smallest absolute Gasteiger partial charge is 0.459 e. The number of carbonyl (C=O) groups excluding carboxylic acids is 1. The Morgan fingerprint density at radius 2 is 1.88 bits per heavy atom. The normalized spacial score (nSPS) is 18.7. The zero-order chi connectivity index (χ0) is 29.0. The van der Waals surface area contributed by atoms with Gasteiger partial charge in [0, 0.05) is 10.5 Å². The van der Waals surface area contributed by atoms with Gasteiger partial charge in [-0.25, -0.2) is 9.55 Å². The van der Waals surface area contributed by atoms with Gasteiger partial charge in [0.25, 0.3) is 0 Å². The summed E-state index contributed by atoms with van der Waals surface area (Å²) in [5.41, 5.74) is 7.84. The molecule has 2 aromatic carbocycles. The Morgan fingerprint density at radius 1 is 1.15 bits per heavy atom. The highest BCUT2D eigenvalue weighted by atomic mass is 79.9. The SMILES string of the molecule is COC(=O)[C@H](Cc1ccccc1)NP(=O)(OCC1CC(n2cnc3c(OC)nc(N)nc32)C1)Oc1ccc(Br)cc1. The highest BCUT2D eigenvalue weighted by Crippen LogP contribution is 2.48. The molecule has 2 heterocycles. The molecule has 14 heteroatoms. The number of hydrogen-bond donors (Lipinski definition) is 2. The molecular weight excluding hydrogens is 615 g/mol. The Kier molecular flexibility index (Phi) is 8.88. The van der Waals surface area contributed by atoms with Gasteiger partial charge in [-0.3, -0.25) is 9.32 Å². The fourth-order valence-electron chi connectivity index (χ4n) is 4.67. The van der Waals surface area contributed by atoms with Crippen LogP contribution in [0.25, 0.3) is 11.2 Å². The van der Waals surface area contributed by atoms with Gasteiger partial charge >= 0.3 is 13.7 Å². The number of imidazole rings is 1. The largest absolute Gasteiger partial charge is 0.479 e. The number of halogens is 1. The average molecular weight is 645 g/mol. The maximum absolute atomic E-state index is 14.1. The molecule has 0 spiro atoms. The molecule has 1 saturated carbocycles. The Bertz CT molecular complexity index is 1550. The number of nitrogen functional groups attached to an aromatic ring is 1. The molecule has 0 radical (unpaired) electrons. The number of benzene rings is 2. The molecule has 0 bridgehead atoms. The molecule has 216 valence electrons. The van der Waals surface area contributed by atoms with Gasteiger partial charge in [-0.15, -0.1) is 0 Å². The standard InChI is InChI=1S/C27H30BrN6O6P/c1-37-25-23-24(31-27(29)32-25)34(16-30-23)20-12-18(13-20)15-39-41(36,40-21-10-8-19(28)9-11-21)33-22(26(35)38-2)14-17-6-4-3-5-7-17/h3-11,16,18,20,22H,12-15H2,1-2H3,(H,33,36)(H2,29,31,32)/t18?,20?,22-,41?/m0/s1. The van der Waals surface area contributed by atoms with Crippen molar-refractivity contribution in [2.24, 2.45) is 5.92 Å². The van der Waals surface area contributed by atoms with Crippen molar-refractivity contribution < 1.29 is 27.9 Å². The van der Waals surface area contributed by atoms with Crippen molar-refractivity contribution in [3.8, 4) is 11.6 Å².